The molecule has 0 fully saturated rings. The van der Waals surface area contributed by atoms with Gasteiger partial charge >= 0.3 is 5.97 Å². The Hall–Kier alpha value is -1.71. The second kappa shape index (κ2) is 5.90. The maximum absolute atomic E-state index is 10.3. The van der Waals surface area contributed by atoms with E-state index in [2.05, 4.69) is 16.9 Å². The lowest BCUT2D eigenvalue weighted by Crippen LogP contribution is -1.94. The van der Waals surface area contributed by atoms with E-state index >= 15 is 0 Å². The second-order valence-corrected chi connectivity index (χ2v) is 3.21. The van der Waals surface area contributed by atoms with Crippen LogP contribution < -0.4 is 0 Å². The molecule has 0 aliphatic carbocycles. The summed E-state index contributed by atoms with van der Waals surface area (Å²) in [6, 6.07) is 0. The minimum Gasteiger partial charge on any atom is -0.478 e. The average Bonchev–Trinajstić information content (AvgIpc) is 2.25. The van der Waals surface area contributed by atoms with Crippen molar-refractivity contribution >= 4 is 12.0 Å². The smallest absolute Gasteiger partial charge is 0.328 e. The number of unbranched alkanes of at least 4 members (excludes halogenated alkanes) is 1. The molecule has 0 unspecified atom stereocenters. The number of carboxylic acids is 1. The molecular weight excluding hydrogens is 192 g/mol. The lowest BCUT2D eigenvalue weighted by molar-refractivity contribution is -0.131. The number of carboxylic acid groups (broad SMARTS) is 1. The summed E-state index contributed by atoms with van der Waals surface area (Å²) in [6.07, 6.45) is 8.89. The summed E-state index contributed by atoms with van der Waals surface area (Å²) in [7, 11) is 0. The van der Waals surface area contributed by atoms with Crippen molar-refractivity contribution in [3.8, 4) is 0 Å². The molecule has 0 saturated heterocycles. The molecule has 0 aliphatic heterocycles. The summed E-state index contributed by atoms with van der Waals surface area (Å²) in [6.45, 7) is 2.12. The molecule has 0 spiro atoms. The lowest BCUT2D eigenvalue weighted by atomic mass is 10.2. The molecule has 0 saturated carbocycles. The number of carbonyl (C=O) groups is 1. The Kier molecular flexibility index (Phi) is 4.47. The number of aryl methyl sites for hydroxylation is 1. The van der Waals surface area contributed by atoms with Crippen molar-refractivity contribution < 1.29 is 9.90 Å². The third-order valence-electron chi connectivity index (χ3n) is 1.90. The first-order valence-electron chi connectivity index (χ1n) is 4.94. The Morgan fingerprint density at radius 2 is 2.13 bits per heavy atom. The largest absolute Gasteiger partial charge is 0.478 e. The Morgan fingerprint density at radius 1 is 1.47 bits per heavy atom. The minimum atomic E-state index is -0.968. The van der Waals surface area contributed by atoms with E-state index in [1.54, 1.807) is 12.4 Å². The van der Waals surface area contributed by atoms with Crippen LogP contribution in [0.3, 0.4) is 0 Å². The Morgan fingerprint density at radius 3 is 2.67 bits per heavy atom. The molecule has 1 aromatic heterocycles. The van der Waals surface area contributed by atoms with Crippen molar-refractivity contribution in [3.05, 3.63) is 29.9 Å². The first-order chi connectivity index (χ1) is 7.22. The first kappa shape index (κ1) is 11.4. The maximum Gasteiger partial charge on any atom is 0.328 e. The van der Waals surface area contributed by atoms with Crippen LogP contribution >= 0.6 is 0 Å². The molecule has 0 aliphatic rings. The highest BCUT2D eigenvalue weighted by Gasteiger charge is 1.95. The predicted molar refractivity (Wildman–Crippen MR) is 57.3 cm³/mol. The zero-order valence-electron chi connectivity index (χ0n) is 8.68. The van der Waals surface area contributed by atoms with Crippen LogP contribution in [-0.2, 0) is 11.2 Å². The van der Waals surface area contributed by atoms with Crippen LogP contribution in [-0.4, -0.2) is 21.0 Å². The second-order valence-electron chi connectivity index (χ2n) is 3.21. The van der Waals surface area contributed by atoms with Gasteiger partial charge in [-0.2, -0.15) is 0 Å². The number of hydrogen-bond acceptors (Lipinski definition) is 3. The maximum atomic E-state index is 10.3. The van der Waals surface area contributed by atoms with E-state index in [1.807, 2.05) is 0 Å². The summed E-state index contributed by atoms with van der Waals surface area (Å²) in [5.41, 5.74) is 0.706. The summed E-state index contributed by atoms with van der Waals surface area (Å²) in [5.74, 6) is -0.158. The molecule has 0 radical (unpaired) electrons. The number of aromatic nitrogens is 2. The SMILES string of the molecule is CCCCc1ncc(/C=C/C(=O)O)cn1. The fourth-order valence-electron chi connectivity index (χ4n) is 1.08. The van der Waals surface area contributed by atoms with Crippen LogP contribution in [0.2, 0.25) is 0 Å². The third-order valence-corrected chi connectivity index (χ3v) is 1.90. The molecule has 1 N–H and O–H groups in total. The standard InChI is InChI=1S/C11H14N2O2/c1-2-3-4-10-12-7-9(8-13-10)5-6-11(14)15/h5-8H,2-4H2,1H3,(H,14,15)/b6-5+. The monoisotopic (exact) mass is 206 g/mol. The summed E-state index contributed by atoms with van der Waals surface area (Å²) < 4.78 is 0. The van der Waals surface area contributed by atoms with Crippen molar-refractivity contribution in [1.82, 2.24) is 9.97 Å². The van der Waals surface area contributed by atoms with E-state index in [0.29, 0.717) is 5.56 Å². The Balaban J connectivity index is 2.60. The van der Waals surface area contributed by atoms with Gasteiger partial charge in [0.15, 0.2) is 0 Å². The van der Waals surface area contributed by atoms with Crippen molar-refractivity contribution in [1.29, 1.82) is 0 Å². The van der Waals surface area contributed by atoms with Crippen molar-refractivity contribution in [2.75, 3.05) is 0 Å². The molecule has 1 rings (SSSR count). The first-order valence-corrected chi connectivity index (χ1v) is 4.94. The van der Waals surface area contributed by atoms with Gasteiger partial charge in [-0.25, -0.2) is 14.8 Å². The highest BCUT2D eigenvalue weighted by atomic mass is 16.4. The highest BCUT2D eigenvalue weighted by Crippen LogP contribution is 2.02. The van der Waals surface area contributed by atoms with E-state index < -0.39 is 5.97 Å². The molecule has 1 aromatic rings. The van der Waals surface area contributed by atoms with Crippen molar-refractivity contribution in [3.63, 3.8) is 0 Å². The van der Waals surface area contributed by atoms with Gasteiger partial charge in [-0.15, -0.1) is 0 Å². The Bertz CT molecular complexity index is 344. The van der Waals surface area contributed by atoms with E-state index in [1.165, 1.54) is 6.08 Å². The summed E-state index contributed by atoms with van der Waals surface area (Å²) in [5, 5.41) is 8.42. The molecule has 4 nitrogen and oxygen atoms in total. The average molecular weight is 206 g/mol. The van der Waals surface area contributed by atoms with Gasteiger partial charge in [0.25, 0.3) is 0 Å². The van der Waals surface area contributed by atoms with Gasteiger partial charge in [0.2, 0.25) is 0 Å². The molecule has 80 valence electrons. The molecule has 0 amide bonds. The summed E-state index contributed by atoms with van der Waals surface area (Å²) in [4.78, 5) is 18.5. The van der Waals surface area contributed by atoms with Crippen molar-refractivity contribution in [2.45, 2.75) is 26.2 Å². The topological polar surface area (TPSA) is 63.1 Å². The van der Waals surface area contributed by atoms with Crippen LogP contribution in [0.4, 0.5) is 0 Å². The van der Waals surface area contributed by atoms with Gasteiger partial charge in [0.05, 0.1) is 0 Å². The van der Waals surface area contributed by atoms with E-state index in [0.717, 1.165) is 31.2 Å². The summed E-state index contributed by atoms with van der Waals surface area (Å²) >= 11 is 0. The number of hydrogen-bond donors (Lipinski definition) is 1. The number of aliphatic carboxylic acids is 1. The van der Waals surface area contributed by atoms with Crippen LogP contribution in [0.15, 0.2) is 18.5 Å². The zero-order chi connectivity index (χ0) is 11.1. The number of rotatable bonds is 5. The van der Waals surface area contributed by atoms with E-state index in [9.17, 15) is 4.79 Å². The van der Waals surface area contributed by atoms with E-state index in [-0.39, 0.29) is 0 Å². The Labute approximate surface area is 88.7 Å². The molecule has 0 bridgehead atoms. The third kappa shape index (κ3) is 4.35. The highest BCUT2D eigenvalue weighted by molar-refractivity contribution is 5.85. The lowest BCUT2D eigenvalue weighted by Gasteiger charge is -1.97. The molecule has 15 heavy (non-hydrogen) atoms. The molecule has 1 heterocycles. The zero-order valence-corrected chi connectivity index (χ0v) is 8.68. The fourth-order valence-corrected chi connectivity index (χ4v) is 1.08. The fraction of sp³-hybridized carbons (Fsp3) is 0.364. The van der Waals surface area contributed by atoms with Crippen LogP contribution in [0, 0.1) is 0 Å². The quantitative estimate of drug-likeness (QED) is 0.747. The van der Waals surface area contributed by atoms with Gasteiger partial charge in [-0.05, 0) is 12.5 Å². The molecule has 0 atom stereocenters. The normalized spacial score (nSPS) is 10.7. The van der Waals surface area contributed by atoms with Crippen LogP contribution in [0.5, 0.6) is 0 Å². The molecule has 0 aromatic carbocycles. The van der Waals surface area contributed by atoms with Gasteiger partial charge in [0, 0.05) is 30.5 Å². The van der Waals surface area contributed by atoms with Crippen molar-refractivity contribution in [2.24, 2.45) is 0 Å². The van der Waals surface area contributed by atoms with Crippen LogP contribution in [0.1, 0.15) is 31.2 Å². The minimum absolute atomic E-state index is 0.706. The van der Waals surface area contributed by atoms with E-state index in [4.69, 9.17) is 5.11 Å². The molecule has 4 heteroatoms. The predicted octanol–water partition coefficient (Wildman–Crippen LogP) is 1.92. The van der Waals surface area contributed by atoms with Gasteiger partial charge in [-0.1, -0.05) is 13.3 Å². The molecular formula is C11H14N2O2. The van der Waals surface area contributed by atoms with Crippen LogP contribution in [0.25, 0.3) is 6.08 Å². The van der Waals surface area contributed by atoms with Gasteiger partial charge in [-0.3, -0.25) is 0 Å². The number of nitrogens with zero attached hydrogens (tertiary/aromatic N) is 2. The van der Waals surface area contributed by atoms with Gasteiger partial charge in [0.1, 0.15) is 5.82 Å². The van der Waals surface area contributed by atoms with Gasteiger partial charge < -0.3 is 5.11 Å².